The van der Waals surface area contributed by atoms with Crippen LogP contribution in [-0.4, -0.2) is 39.0 Å². The topological polar surface area (TPSA) is 49.7 Å². The number of benzene rings is 1. The van der Waals surface area contributed by atoms with Crippen molar-refractivity contribution in [2.24, 2.45) is 5.10 Å². The SMILES string of the molecule is CCS(=O)(=O)c1cc(/C(C)=N/N(C)C)ccc1C. The lowest BCUT2D eigenvalue weighted by atomic mass is 10.1. The van der Waals surface area contributed by atoms with Gasteiger partial charge in [0.05, 0.1) is 16.4 Å². The molecule has 0 saturated heterocycles. The largest absolute Gasteiger partial charge is 0.303 e. The highest BCUT2D eigenvalue weighted by atomic mass is 32.2. The molecular weight excluding hydrogens is 248 g/mol. The number of nitrogens with zero attached hydrogens (tertiary/aromatic N) is 2. The fourth-order valence-corrected chi connectivity index (χ4v) is 2.85. The van der Waals surface area contributed by atoms with E-state index in [2.05, 4.69) is 5.10 Å². The van der Waals surface area contributed by atoms with Gasteiger partial charge in [0.25, 0.3) is 0 Å². The Morgan fingerprint density at radius 1 is 1.33 bits per heavy atom. The van der Waals surface area contributed by atoms with Gasteiger partial charge in [-0.1, -0.05) is 19.1 Å². The van der Waals surface area contributed by atoms with Gasteiger partial charge in [-0.25, -0.2) is 8.42 Å². The molecule has 0 spiro atoms. The van der Waals surface area contributed by atoms with Crippen molar-refractivity contribution < 1.29 is 8.42 Å². The van der Waals surface area contributed by atoms with Gasteiger partial charge in [-0.15, -0.1) is 0 Å². The summed E-state index contributed by atoms with van der Waals surface area (Å²) in [5.41, 5.74) is 2.41. The smallest absolute Gasteiger partial charge is 0.178 e. The maximum atomic E-state index is 12.0. The van der Waals surface area contributed by atoms with Crippen molar-refractivity contribution in [3.05, 3.63) is 29.3 Å². The van der Waals surface area contributed by atoms with Crippen molar-refractivity contribution in [1.82, 2.24) is 5.01 Å². The molecule has 0 N–H and O–H groups in total. The van der Waals surface area contributed by atoms with Crippen molar-refractivity contribution in [3.63, 3.8) is 0 Å². The van der Waals surface area contributed by atoms with Gasteiger partial charge in [0.15, 0.2) is 9.84 Å². The second-order valence-corrected chi connectivity index (χ2v) is 6.66. The standard InChI is InChI=1S/C13H20N2O2S/c1-6-18(16,17)13-9-12(8-7-10(13)2)11(3)14-15(4)5/h7-9H,6H2,1-5H3/b14-11+. The molecule has 0 atom stereocenters. The Labute approximate surface area is 109 Å². The molecule has 1 aromatic rings. The van der Waals surface area contributed by atoms with E-state index in [1.807, 2.05) is 40.1 Å². The van der Waals surface area contributed by atoms with E-state index in [9.17, 15) is 8.42 Å². The second kappa shape index (κ2) is 5.52. The van der Waals surface area contributed by atoms with Gasteiger partial charge < -0.3 is 5.01 Å². The molecule has 0 saturated carbocycles. The molecule has 0 fully saturated rings. The third-order valence-corrected chi connectivity index (χ3v) is 4.54. The zero-order valence-corrected chi connectivity index (χ0v) is 12.4. The number of hydrogen-bond donors (Lipinski definition) is 0. The van der Waals surface area contributed by atoms with Gasteiger partial charge in [-0.05, 0) is 31.0 Å². The third kappa shape index (κ3) is 3.32. The van der Waals surface area contributed by atoms with Crippen LogP contribution in [0.1, 0.15) is 25.0 Å². The van der Waals surface area contributed by atoms with Gasteiger partial charge in [0, 0.05) is 14.1 Å². The Kier molecular flexibility index (Phi) is 4.51. The Morgan fingerprint density at radius 3 is 2.44 bits per heavy atom. The maximum absolute atomic E-state index is 12.0. The van der Waals surface area contributed by atoms with E-state index in [0.29, 0.717) is 4.90 Å². The highest BCUT2D eigenvalue weighted by molar-refractivity contribution is 7.91. The normalized spacial score (nSPS) is 12.6. The van der Waals surface area contributed by atoms with Crippen LogP contribution in [0.5, 0.6) is 0 Å². The first-order valence-electron chi connectivity index (χ1n) is 5.84. The van der Waals surface area contributed by atoms with Crippen LogP contribution >= 0.6 is 0 Å². The molecule has 18 heavy (non-hydrogen) atoms. The fourth-order valence-electron chi connectivity index (χ4n) is 1.67. The summed E-state index contributed by atoms with van der Waals surface area (Å²) in [6.45, 7) is 5.33. The lowest BCUT2D eigenvalue weighted by Crippen LogP contribution is -2.10. The monoisotopic (exact) mass is 268 g/mol. The van der Waals surface area contributed by atoms with Crippen LogP contribution in [0.25, 0.3) is 0 Å². The van der Waals surface area contributed by atoms with Gasteiger partial charge in [0.1, 0.15) is 0 Å². The zero-order valence-electron chi connectivity index (χ0n) is 11.6. The number of hydrazone groups is 1. The van der Waals surface area contributed by atoms with Gasteiger partial charge in [-0.3, -0.25) is 0 Å². The van der Waals surface area contributed by atoms with E-state index in [0.717, 1.165) is 16.8 Å². The zero-order chi connectivity index (χ0) is 13.9. The van der Waals surface area contributed by atoms with Gasteiger partial charge in [0.2, 0.25) is 0 Å². The first-order chi connectivity index (χ1) is 8.27. The van der Waals surface area contributed by atoms with E-state index in [1.165, 1.54) is 0 Å². The minimum Gasteiger partial charge on any atom is -0.303 e. The highest BCUT2D eigenvalue weighted by Gasteiger charge is 2.15. The molecule has 0 aliphatic carbocycles. The van der Waals surface area contributed by atoms with Crippen LogP contribution < -0.4 is 0 Å². The van der Waals surface area contributed by atoms with E-state index < -0.39 is 9.84 Å². The summed E-state index contributed by atoms with van der Waals surface area (Å²) in [7, 11) is 0.487. The fraction of sp³-hybridized carbons (Fsp3) is 0.462. The molecule has 0 amide bonds. The molecule has 1 rings (SSSR count). The van der Waals surface area contributed by atoms with Crippen molar-refractivity contribution in [3.8, 4) is 0 Å². The van der Waals surface area contributed by atoms with Gasteiger partial charge >= 0.3 is 0 Å². The molecule has 0 unspecified atom stereocenters. The number of aryl methyl sites for hydroxylation is 1. The lowest BCUT2D eigenvalue weighted by Gasteiger charge is -2.10. The number of rotatable bonds is 4. The van der Waals surface area contributed by atoms with Crippen LogP contribution in [0.15, 0.2) is 28.2 Å². The van der Waals surface area contributed by atoms with E-state index in [-0.39, 0.29) is 5.75 Å². The average molecular weight is 268 g/mol. The van der Waals surface area contributed by atoms with Crippen molar-refractivity contribution in [2.45, 2.75) is 25.7 Å². The minimum atomic E-state index is -3.18. The molecule has 0 aliphatic heterocycles. The van der Waals surface area contributed by atoms with Crippen molar-refractivity contribution in [1.29, 1.82) is 0 Å². The summed E-state index contributed by atoms with van der Waals surface area (Å²) in [6, 6.07) is 5.43. The van der Waals surface area contributed by atoms with Gasteiger partial charge in [-0.2, -0.15) is 5.10 Å². The van der Waals surface area contributed by atoms with Crippen LogP contribution in [0, 0.1) is 6.92 Å². The molecule has 0 aliphatic rings. The maximum Gasteiger partial charge on any atom is 0.178 e. The number of sulfone groups is 1. The summed E-state index contributed by atoms with van der Waals surface area (Å²) in [4.78, 5) is 0.399. The Balaban J connectivity index is 3.34. The molecule has 4 nitrogen and oxygen atoms in total. The summed E-state index contributed by atoms with van der Waals surface area (Å²) in [6.07, 6.45) is 0. The molecule has 0 radical (unpaired) electrons. The molecule has 5 heteroatoms. The predicted octanol–water partition coefficient (Wildman–Crippen LogP) is 2.07. The summed E-state index contributed by atoms with van der Waals surface area (Å²) in [5.74, 6) is 0.112. The van der Waals surface area contributed by atoms with Crippen LogP contribution in [0.4, 0.5) is 0 Å². The third-order valence-electron chi connectivity index (χ3n) is 2.67. The van der Waals surface area contributed by atoms with Crippen LogP contribution in [-0.2, 0) is 9.84 Å². The van der Waals surface area contributed by atoms with Crippen molar-refractivity contribution in [2.75, 3.05) is 19.8 Å². The Bertz CT molecular complexity index is 560. The van der Waals surface area contributed by atoms with E-state index in [4.69, 9.17) is 0 Å². The molecule has 0 heterocycles. The first-order valence-corrected chi connectivity index (χ1v) is 7.49. The summed E-state index contributed by atoms with van der Waals surface area (Å²) in [5, 5.41) is 5.98. The summed E-state index contributed by atoms with van der Waals surface area (Å²) >= 11 is 0. The highest BCUT2D eigenvalue weighted by Crippen LogP contribution is 2.19. The quantitative estimate of drug-likeness (QED) is 0.620. The molecule has 1 aromatic carbocycles. The minimum absolute atomic E-state index is 0.112. The Morgan fingerprint density at radius 2 is 1.94 bits per heavy atom. The van der Waals surface area contributed by atoms with E-state index in [1.54, 1.807) is 18.0 Å². The number of hydrogen-bond acceptors (Lipinski definition) is 4. The van der Waals surface area contributed by atoms with Crippen LogP contribution in [0.3, 0.4) is 0 Å². The molecule has 0 aromatic heterocycles. The van der Waals surface area contributed by atoms with E-state index >= 15 is 0 Å². The van der Waals surface area contributed by atoms with Crippen molar-refractivity contribution >= 4 is 15.5 Å². The molecule has 0 bridgehead atoms. The second-order valence-electron chi connectivity index (χ2n) is 4.42. The lowest BCUT2D eigenvalue weighted by molar-refractivity contribution is 0.438. The average Bonchev–Trinajstić information content (AvgIpc) is 2.28. The molecular formula is C13H20N2O2S. The first kappa shape index (κ1) is 14.7. The predicted molar refractivity (Wildman–Crippen MR) is 74.8 cm³/mol. The Hall–Kier alpha value is -1.36. The van der Waals surface area contributed by atoms with Crippen LogP contribution in [0.2, 0.25) is 0 Å². The summed E-state index contributed by atoms with van der Waals surface area (Å²) < 4.78 is 23.9. The molecule has 100 valence electrons.